The molecule has 0 aliphatic carbocycles. The van der Waals surface area contributed by atoms with Crippen LogP contribution in [0.15, 0.2) is 24.4 Å². The van der Waals surface area contributed by atoms with Gasteiger partial charge in [0.05, 0.1) is 17.7 Å². The summed E-state index contributed by atoms with van der Waals surface area (Å²) in [7, 11) is 0. The predicted molar refractivity (Wildman–Crippen MR) is 59.3 cm³/mol. The van der Waals surface area contributed by atoms with Gasteiger partial charge in [-0.2, -0.15) is 0 Å². The third-order valence-electron chi connectivity index (χ3n) is 2.47. The van der Waals surface area contributed by atoms with Crippen molar-refractivity contribution in [1.29, 1.82) is 0 Å². The summed E-state index contributed by atoms with van der Waals surface area (Å²) in [5, 5.41) is 19.3. The number of Topliss-reactive ketones (excluding diaryl/α,β-unsaturated/α-hetero) is 1. The molecule has 0 amide bonds. The fourth-order valence-electron chi connectivity index (χ4n) is 1.58. The van der Waals surface area contributed by atoms with E-state index < -0.39 is 0 Å². The highest BCUT2D eigenvalue weighted by Crippen LogP contribution is 2.27. The molecule has 16 heavy (non-hydrogen) atoms. The van der Waals surface area contributed by atoms with Gasteiger partial charge in [-0.15, -0.1) is 0 Å². The smallest absolute Gasteiger partial charge is 0.165 e. The quantitative estimate of drug-likeness (QED) is 0.750. The molecule has 1 aromatic carbocycles. The molecule has 0 aliphatic rings. The van der Waals surface area contributed by atoms with Gasteiger partial charge in [0.15, 0.2) is 5.78 Å². The first-order valence-corrected chi connectivity index (χ1v) is 4.86. The van der Waals surface area contributed by atoms with Crippen molar-refractivity contribution in [3.63, 3.8) is 0 Å². The van der Waals surface area contributed by atoms with Crippen LogP contribution in [0.2, 0.25) is 0 Å². The van der Waals surface area contributed by atoms with Crippen molar-refractivity contribution in [2.45, 2.75) is 13.5 Å². The van der Waals surface area contributed by atoms with Crippen molar-refractivity contribution in [2.75, 3.05) is 0 Å². The fraction of sp³-hybridized carbons (Fsp3) is 0.167. The van der Waals surface area contributed by atoms with Gasteiger partial charge >= 0.3 is 0 Å². The number of aliphatic hydroxyl groups is 1. The second-order valence-electron chi connectivity index (χ2n) is 3.59. The summed E-state index contributed by atoms with van der Waals surface area (Å²) in [6.45, 7) is 1.30. The van der Waals surface area contributed by atoms with E-state index >= 15 is 0 Å². The van der Waals surface area contributed by atoms with Crippen molar-refractivity contribution in [3.8, 4) is 5.75 Å². The summed E-state index contributed by atoms with van der Waals surface area (Å²) in [4.78, 5) is 15.3. The van der Waals surface area contributed by atoms with E-state index in [9.17, 15) is 9.90 Å². The minimum atomic E-state index is -0.224. The lowest BCUT2D eigenvalue weighted by molar-refractivity contribution is 0.101. The van der Waals surface area contributed by atoms with Crippen LogP contribution in [0.4, 0.5) is 0 Å². The summed E-state index contributed by atoms with van der Waals surface area (Å²) < 4.78 is 0. The van der Waals surface area contributed by atoms with Crippen LogP contribution < -0.4 is 0 Å². The minimum absolute atomic E-state index is 0.0537. The van der Waals surface area contributed by atoms with Crippen molar-refractivity contribution >= 4 is 16.7 Å². The van der Waals surface area contributed by atoms with E-state index in [-0.39, 0.29) is 23.7 Å². The van der Waals surface area contributed by atoms with Gasteiger partial charge in [0.25, 0.3) is 0 Å². The van der Waals surface area contributed by atoms with Gasteiger partial charge in [0, 0.05) is 11.6 Å². The molecule has 0 fully saturated rings. The number of carbonyl (C=O) groups excluding carboxylic acids is 1. The van der Waals surface area contributed by atoms with Crippen molar-refractivity contribution in [2.24, 2.45) is 0 Å². The second-order valence-corrected chi connectivity index (χ2v) is 3.59. The van der Waals surface area contributed by atoms with Crippen LogP contribution >= 0.6 is 0 Å². The molecule has 1 heterocycles. The zero-order valence-electron chi connectivity index (χ0n) is 8.77. The standard InChI is InChI=1S/C12H11NO3/c1-7(15)10-5-13-11-4-8(6-14)2-3-9(11)12(10)16/h2-5,14H,6H2,1H3,(H,13,16). The van der Waals surface area contributed by atoms with Gasteiger partial charge in [-0.05, 0) is 24.6 Å². The molecule has 0 radical (unpaired) electrons. The van der Waals surface area contributed by atoms with Gasteiger partial charge in [-0.1, -0.05) is 6.07 Å². The van der Waals surface area contributed by atoms with Crippen LogP contribution in [0.3, 0.4) is 0 Å². The first-order valence-electron chi connectivity index (χ1n) is 4.86. The Hall–Kier alpha value is -1.94. The Morgan fingerprint density at radius 2 is 2.19 bits per heavy atom. The second kappa shape index (κ2) is 3.90. The number of aliphatic hydroxyl groups excluding tert-OH is 1. The van der Waals surface area contributed by atoms with Gasteiger partial charge in [0.1, 0.15) is 5.75 Å². The molecule has 82 valence electrons. The molecule has 2 N–H and O–H groups in total. The zero-order valence-corrected chi connectivity index (χ0v) is 8.77. The third kappa shape index (κ3) is 1.63. The molecule has 2 aromatic rings. The highest BCUT2D eigenvalue weighted by Gasteiger charge is 2.11. The lowest BCUT2D eigenvalue weighted by atomic mass is 10.1. The van der Waals surface area contributed by atoms with Crippen LogP contribution in [0, 0.1) is 0 Å². The van der Waals surface area contributed by atoms with E-state index in [0.29, 0.717) is 10.9 Å². The molecule has 4 heteroatoms. The highest BCUT2D eigenvalue weighted by molar-refractivity contribution is 6.02. The summed E-state index contributed by atoms with van der Waals surface area (Å²) in [5.41, 5.74) is 1.49. The first kappa shape index (κ1) is 10.6. The molecule has 0 atom stereocenters. The van der Waals surface area contributed by atoms with E-state index in [2.05, 4.69) is 4.98 Å². The number of benzene rings is 1. The Bertz CT molecular complexity index is 563. The molecule has 0 bridgehead atoms. The van der Waals surface area contributed by atoms with Gasteiger partial charge in [0.2, 0.25) is 0 Å². The molecular weight excluding hydrogens is 206 g/mol. The number of hydrogen-bond donors (Lipinski definition) is 2. The largest absolute Gasteiger partial charge is 0.506 e. The van der Waals surface area contributed by atoms with Crippen LogP contribution in [0.5, 0.6) is 5.75 Å². The lowest BCUT2D eigenvalue weighted by Gasteiger charge is -2.05. The predicted octanol–water partition coefficient (Wildman–Crippen LogP) is 1.64. The van der Waals surface area contributed by atoms with Crippen LogP contribution in [0.1, 0.15) is 22.8 Å². The van der Waals surface area contributed by atoms with E-state index in [4.69, 9.17) is 5.11 Å². The van der Waals surface area contributed by atoms with E-state index in [0.717, 1.165) is 5.56 Å². The summed E-state index contributed by atoms with van der Waals surface area (Å²) in [6.07, 6.45) is 1.35. The Morgan fingerprint density at radius 3 is 2.81 bits per heavy atom. The molecule has 4 nitrogen and oxygen atoms in total. The monoisotopic (exact) mass is 217 g/mol. The molecule has 0 unspecified atom stereocenters. The maximum absolute atomic E-state index is 11.2. The molecule has 0 spiro atoms. The minimum Gasteiger partial charge on any atom is -0.506 e. The topological polar surface area (TPSA) is 70.4 Å². The average Bonchev–Trinajstić information content (AvgIpc) is 2.28. The normalized spacial score (nSPS) is 10.6. The maximum Gasteiger partial charge on any atom is 0.165 e. The van der Waals surface area contributed by atoms with Crippen LogP contribution in [-0.2, 0) is 6.61 Å². The number of fused-ring (bicyclic) bond motifs is 1. The Balaban J connectivity index is 2.71. The van der Waals surface area contributed by atoms with Crippen LogP contribution in [0.25, 0.3) is 10.9 Å². The fourth-order valence-corrected chi connectivity index (χ4v) is 1.58. The summed E-state index contributed by atoms with van der Waals surface area (Å²) in [6, 6.07) is 5.02. The van der Waals surface area contributed by atoms with Crippen LogP contribution in [-0.4, -0.2) is 21.0 Å². The molecule has 0 aliphatic heterocycles. The summed E-state index contributed by atoms with van der Waals surface area (Å²) in [5.74, 6) is -0.278. The molecule has 0 saturated heterocycles. The highest BCUT2D eigenvalue weighted by atomic mass is 16.3. The number of aromatic hydroxyl groups is 1. The van der Waals surface area contributed by atoms with Crippen molar-refractivity contribution < 1.29 is 15.0 Å². The SMILES string of the molecule is CC(=O)c1cnc2cc(CO)ccc2c1O. The van der Waals surface area contributed by atoms with E-state index in [1.54, 1.807) is 18.2 Å². The van der Waals surface area contributed by atoms with Gasteiger partial charge < -0.3 is 10.2 Å². The van der Waals surface area contributed by atoms with Gasteiger partial charge in [-0.25, -0.2) is 0 Å². The molecular formula is C12H11NO3. The van der Waals surface area contributed by atoms with E-state index in [1.807, 2.05) is 0 Å². The van der Waals surface area contributed by atoms with Crippen molar-refractivity contribution in [1.82, 2.24) is 4.98 Å². The number of hydrogen-bond acceptors (Lipinski definition) is 4. The van der Waals surface area contributed by atoms with E-state index in [1.165, 1.54) is 13.1 Å². The number of nitrogens with zero attached hydrogens (tertiary/aromatic N) is 1. The van der Waals surface area contributed by atoms with Gasteiger partial charge in [-0.3, -0.25) is 9.78 Å². The number of carbonyl (C=O) groups is 1. The number of aromatic nitrogens is 1. The first-order chi connectivity index (χ1) is 7.63. The maximum atomic E-state index is 11.2. The third-order valence-corrected chi connectivity index (χ3v) is 2.47. The number of ketones is 1. The summed E-state index contributed by atoms with van der Waals surface area (Å²) >= 11 is 0. The molecule has 2 rings (SSSR count). The molecule has 1 aromatic heterocycles. The molecule has 0 saturated carbocycles. The zero-order chi connectivity index (χ0) is 11.7. The van der Waals surface area contributed by atoms with Crippen molar-refractivity contribution in [3.05, 3.63) is 35.5 Å². The lowest BCUT2D eigenvalue weighted by Crippen LogP contribution is -1.95. The number of pyridine rings is 1. The Morgan fingerprint density at radius 1 is 1.44 bits per heavy atom. The Kier molecular flexibility index (Phi) is 2.58. The Labute approximate surface area is 92.2 Å². The average molecular weight is 217 g/mol. The number of rotatable bonds is 2.